The summed E-state index contributed by atoms with van der Waals surface area (Å²) in [5.41, 5.74) is 34.2. The van der Waals surface area contributed by atoms with Gasteiger partial charge in [0.05, 0.1) is 11.0 Å². The van der Waals surface area contributed by atoms with E-state index in [0.717, 1.165) is 36.8 Å². The maximum absolute atomic E-state index is 6.39. The first-order valence-electron chi connectivity index (χ1n) is 42.2. The molecule has 0 bridgehead atoms. The van der Waals surface area contributed by atoms with Crippen LogP contribution < -0.4 is 0 Å². The maximum Gasteiger partial charge on any atom is 0.143 e. The Morgan fingerprint density at radius 1 is 0.242 bits per heavy atom. The molecule has 5 aliphatic rings. The number of benzene rings is 21. The SMILES string of the molecule is CC1(C)c2cc3c(cc2-c2cc4ccccc4cc21)Cc1cc2ccccc2cc1-3.c1ccc(-n2c3cc4c(cc3c3c5ccccc5ccc32)-c2cc3ccccc3cc2C4)cc1.c1ccc2c3c(ccc2c1)Cc1cc2c(cc1-3)sc1ccc3ccccc3c12.c1ccc2cc3c(cc2c1)Cc1cc2c(cc1-3)oc1c3ccccc3ccc21. The van der Waals surface area contributed by atoms with E-state index in [-0.39, 0.29) is 5.41 Å². The molecule has 3 aromatic heterocycles. The van der Waals surface area contributed by atoms with Crippen LogP contribution in [-0.4, -0.2) is 4.57 Å². The van der Waals surface area contributed by atoms with Gasteiger partial charge < -0.3 is 8.98 Å². The molecule has 21 aromatic carbocycles. The van der Waals surface area contributed by atoms with Gasteiger partial charge in [0.1, 0.15) is 11.2 Å². The number of fused-ring (bicyclic) bond motifs is 36. The summed E-state index contributed by atoms with van der Waals surface area (Å²) in [6.07, 6.45) is 4.05. The second-order valence-electron chi connectivity index (χ2n) is 34.4. The van der Waals surface area contributed by atoms with Crippen LogP contribution in [0.25, 0.3) is 211 Å². The minimum absolute atomic E-state index is 0.0172. The topological polar surface area (TPSA) is 18.1 Å². The minimum atomic E-state index is 0.0172. The fourth-order valence-corrected chi connectivity index (χ4v) is 22.8. The highest BCUT2D eigenvalue weighted by molar-refractivity contribution is 7.26. The van der Waals surface area contributed by atoms with E-state index in [9.17, 15) is 0 Å². The Balaban J connectivity index is 0.0000000868. The highest BCUT2D eigenvalue weighted by Gasteiger charge is 2.38. The number of hydrogen-bond acceptors (Lipinski definition) is 2. The first-order valence-corrected chi connectivity index (χ1v) is 43.0. The van der Waals surface area contributed by atoms with Gasteiger partial charge in [-0.15, -0.1) is 11.3 Å². The molecule has 24 aromatic rings. The molecular weight excluding hydrogens is 1470 g/mol. The third-order valence-electron chi connectivity index (χ3n) is 27.4. The average molecular weight is 1540 g/mol. The minimum Gasteiger partial charge on any atom is -0.455 e. The molecule has 5 aliphatic carbocycles. The van der Waals surface area contributed by atoms with Crippen LogP contribution in [-0.2, 0) is 31.1 Å². The van der Waals surface area contributed by atoms with Gasteiger partial charge in [-0.3, -0.25) is 0 Å². The van der Waals surface area contributed by atoms with Crippen LogP contribution in [0, 0.1) is 0 Å². The molecule has 560 valence electrons. The monoisotopic (exact) mass is 1540 g/mol. The number of aromatic nitrogens is 1. The molecule has 0 spiro atoms. The number of para-hydroxylation sites is 1. The molecule has 0 N–H and O–H groups in total. The molecule has 29 rings (SSSR count). The smallest absolute Gasteiger partial charge is 0.143 e. The molecule has 0 aliphatic heterocycles. The van der Waals surface area contributed by atoms with Gasteiger partial charge >= 0.3 is 0 Å². The van der Waals surface area contributed by atoms with Gasteiger partial charge in [-0.05, 0) is 327 Å². The Morgan fingerprint density at radius 3 is 1.28 bits per heavy atom. The van der Waals surface area contributed by atoms with E-state index in [1.54, 1.807) is 0 Å². The van der Waals surface area contributed by atoms with Crippen LogP contribution >= 0.6 is 11.3 Å². The summed E-state index contributed by atoms with van der Waals surface area (Å²) in [6.45, 7) is 4.77. The fourth-order valence-electron chi connectivity index (χ4n) is 21.7. The van der Waals surface area contributed by atoms with Gasteiger partial charge in [0.15, 0.2) is 0 Å². The number of nitrogens with zero attached hydrogens (tertiary/aromatic N) is 1. The first kappa shape index (κ1) is 67.7. The third kappa shape index (κ3) is 10.3. The summed E-state index contributed by atoms with van der Waals surface area (Å²) in [6, 6.07) is 137. The summed E-state index contributed by atoms with van der Waals surface area (Å²) < 4.78 is 11.6. The summed E-state index contributed by atoms with van der Waals surface area (Å²) in [7, 11) is 0. The van der Waals surface area contributed by atoms with Gasteiger partial charge in [0.25, 0.3) is 0 Å². The van der Waals surface area contributed by atoms with E-state index in [1.807, 2.05) is 11.3 Å². The highest BCUT2D eigenvalue weighted by Crippen LogP contribution is 2.55. The number of furan rings is 1. The van der Waals surface area contributed by atoms with E-state index in [0.29, 0.717) is 0 Å². The average Bonchev–Trinajstić information content (AvgIpc) is 1.56. The molecule has 2 nitrogen and oxygen atoms in total. The van der Waals surface area contributed by atoms with Crippen LogP contribution in [0.2, 0.25) is 0 Å². The zero-order chi connectivity index (χ0) is 78.7. The Morgan fingerprint density at radius 2 is 0.658 bits per heavy atom. The second-order valence-corrected chi connectivity index (χ2v) is 35.5. The summed E-state index contributed by atoms with van der Waals surface area (Å²) in [4.78, 5) is 0. The summed E-state index contributed by atoms with van der Waals surface area (Å²) >= 11 is 1.92. The van der Waals surface area contributed by atoms with Crippen molar-refractivity contribution in [1.82, 2.24) is 4.57 Å². The van der Waals surface area contributed by atoms with Crippen LogP contribution in [0.1, 0.15) is 69.5 Å². The van der Waals surface area contributed by atoms with Gasteiger partial charge in [-0.25, -0.2) is 0 Å². The lowest BCUT2D eigenvalue weighted by atomic mass is 9.81. The summed E-state index contributed by atoms with van der Waals surface area (Å²) in [5, 5.41) is 28.9. The predicted molar refractivity (Wildman–Crippen MR) is 511 cm³/mol. The molecule has 0 fully saturated rings. The van der Waals surface area contributed by atoms with Gasteiger partial charge in [0.2, 0.25) is 0 Å². The predicted octanol–water partition coefficient (Wildman–Crippen LogP) is 31.9. The molecule has 0 saturated heterocycles. The molecule has 0 amide bonds. The Labute approximate surface area is 697 Å². The molecule has 120 heavy (non-hydrogen) atoms. The van der Waals surface area contributed by atoms with Crippen molar-refractivity contribution in [3.63, 3.8) is 0 Å². The Hall–Kier alpha value is -14.5. The zero-order valence-corrected chi connectivity index (χ0v) is 67.1. The first-order chi connectivity index (χ1) is 59.2. The van der Waals surface area contributed by atoms with Crippen molar-refractivity contribution in [1.29, 1.82) is 0 Å². The van der Waals surface area contributed by atoms with Gasteiger partial charge in [-0.2, -0.15) is 0 Å². The zero-order valence-electron chi connectivity index (χ0n) is 66.3. The largest absolute Gasteiger partial charge is 0.455 e. The number of hydrogen-bond donors (Lipinski definition) is 0. The maximum atomic E-state index is 6.39. The molecule has 0 unspecified atom stereocenters. The molecular formula is C117H75NOS. The van der Waals surface area contributed by atoms with Gasteiger partial charge in [0, 0.05) is 58.2 Å². The fraction of sp³-hybridized carbons (Fsp3) is 0.0598. The lowest BCUT2D eigenvalue weighted by Crippen LogP contribution is -2.15. The van der Waals surface area contributed by atoms with Gasteiger partial charge in [-0.1, -0.05) is 275 Å². The van der Waals surface area contributed by atoms with E-state index in [4.69, 9.17) is 4.42 Å². The highest BCUT2D eigenvalue weighted by atomic mass is 32.1. The van der Waals surface area contributed by atoms with Crippen molar-refractivity contribution >= 4 is 161 Å². The molecule has 0 radical (unpaired) electrons. The van der Waals surface area contributed by atoms with Crippen molar-refractivity contribution < 1.29 is 4.42 Å². The quantitative estimate of drug-likeness (QED) is 0.160. The second kappa shape index (κ2) is 25.8. The Bertz CT molecular complexity index is 8630. The normalized spacial score (nSPS) is 13.3. The lowest BCUT2D eigenvalue weighted by molar-refractivity contribution is 0.661. The van der Waals surface area contributed by atoms with Crippen LogP contribution in [0.5, 0.6) is 0 Å². The van der Waals surface area contributed by atoms with E-state index in [2.05, 4.69) is 388 Å². The van der Waals surface area contributed by atoms with Crippen molar-refractivity contribution in [2.24, 2.45) is 0 Å². The van der Waals surface area contributed by atoms with Crippen LogP contribution in [0.15, 0.2) is 374 Å². The van der Waals surface area contributed by atoms with Crippen LogP contribution in [0.3, 0.4) is 0 Å². The molecule has 3 heteroatoms. The van der Waals surface area contributed by atoms with E-state index in [1.165, 1.54) is 256 Å². The van der Waals surface area contributed by atoms with Crippen LogP contribution in [0.4, 0.5) is 0 Å². The van der Waals surface area contributed by atoms with Crippen molar-refractivity contribution in [3.8, 4) is 61.3 Å². The summed E-state index contributed by atoms with van der Waals surface area (Å²) in [5.74, 6) is 0. The number of rotatable bonds is 1. The third-order valence-corrected chi connectivity index (χ3v) is 28.5. The molecule has 0 atom stereocenters. The standard InChI is InChI=1S/C33H21N.C30H22.C27H16O.C27H16S/c1-2-11-26(12-3-1)34-31-15-14-21-8-6-7-13-27(21)33(31)30-20-29-25(19-32(30)34)17-24-16-22-9-4-5-10-23(22)18-28(24)29;1-30(2)28-16-21-10-6-5-9-20(21)14-26(28)27-15-23-12-22-11-18-7-3-4-8-19(18)13-24(22)25(23)17-29(27)30;1-2-7-18-13-23-19(11-17(18)6-1)12-20-14-25-22-10-9-16-5-3-4-8-21(16)27(22)28-26(25)15-24(20)23;1-3-7-20-16(5-1)9-10-18-13-19-14-23-25(15-22(19)26(18)20)28-24-12-11-17-6-2-4-8-21(17)27(23)24/h1-16,18-20H,17H2;3-11,13-17H,12H2,1-2H3;1-11,13-15H,12H2;1-12,14-15H,13H2. The molecule has 3 heterocycles. The van der Waals surface area contributed by atoms with Crippen molar-refractivity contribution in [3.05, 3.63) is 426 Å². The van der Waals surface area contributed by atoms with E-state index >= 15 is 0 Å². The molecule has 0 saturated carbocycles. The van der Waals surface area contributed by atoms with E-state index < -0.39 is 0 Å². The lowest BCUT2D eigenvalue weighted by Gasteiger charge is -2.22. The number of thiophene rings is 1. The van der Waals surface area contributed by atoms with Crippen molar-refractivity contribution in [2.75, 3.05) is 0 Å². The van der Waals surface area contributed by atoms with Crippen molar-refractivity contribution in [2.45, 2.75) is 44.9 Å². The Kier molecular flexibility index (Phi) is 14.5.